The number of pyridine rings is 1. The number of nitrogens with zero attached hydrogens (tertiary/aromatic N) is 2. The van der Waals surface area contributed by atoms with Gasteiger partial charge in [-0.1, -0.05) is 19.1 Å². The molecule has 1 aliphatic rings. The fourth-order valence-corrected chi connectivity index (χ4v) is 2.89. The molecule has 0 spiro atoms. The molecule has 3 rings (SSSR count). The smallest absolute Gasteiger partial charge is 0.266 e. The summed E-state index contributed by atoms with van der Waals surface area (Å²) in [6.45, 7) is 4.46. The lowest BCUT2D eigenvalue weighted by Crippen LogP contribution is -2.36. The maximum absolute atomic E-state index is 14.0. The third kappa shape index (κ3) is 2.26. The minimum absolute atomic E-state index is 0.236. The fourth-order valence-electron chi connectivity index (χ4n) is 2.89. The van der Waals surface area contributed by atoms with E-state index in [9.17, 15) is 9.18 Å². The highest BCUT2D eigenvalue weighted by atomic mass is 19.1. The number of carbonyl (C=O) groups excluding carboxylic acids is 1. The van der Waals surface area contributed by atoms with Gasteiger partial charge in [0.2, 0.25) is 0 Å². The average Bonchev–Trinajstić information content (AvgIpc) is 2.52. The number of halogens is 1. The minimum atomic E-state index is -0.417. The number of hydrogen-bond acceptors (Lipinski definition) is 4. The van der Waals surface area contributed by atoms with Gasteiger partial charge in [-0.3, -0.25) is 15.1 Å². The van der Waals surface area contributed by atoms with E-state index in [4.69, 9.17) is 5.84 Å². The first-order valence-electron chi connectivity index (χ1n) is 6.99. The van der Waals surface area contributed by atoms with Crippen LogP contribution in [0.1, 0.15) is 28.5 Å². The van der Waals surface area contributed by atoms with Crippen LogP contribution in [-0.4, -0.2) is 28.9 Å². The molecule has 0 unspecified atom stereocenters. The summed E-state index contributed by atoms with van der Waals surface area (Å²) in [5.41, 5.74) is 4.48. The van der Waals surface area contributed by atoms with E-state index in [1.807, 2.05) is 0 Å². The van der Waals surface area contributed by atoms with Crippen LogP contribution in [0, 0.1) is 5.82 Å². The number of carbonyl (C=O) groups is 1. The predicted molar refractivity (Wildman–Crippen MR) is 78.0 cm³/mol. The van der Waals surface area contributed by atoms with Crippen molar-refractivity contribution in [2.45, 2.75) is 19.9 Å². The fraction of sp³-hybridized carbons (Fsp3) is 0.333. The topological polar surface area (TPSA) is 71.2 Å². The Kier molecular flexibility index (Phi) is 3.57. The van der Waals surface area contributed by atoms with E-state index in [0.717, 1.165) is 24.3 Å². The molecule has 1 aliphatic heterocycles. The van der Waals surface area contributed by atoms with Crippen molar-refractivity contribution in [2.75, 3.05) is 13.1 Å². The number of likely N-dealkylation sites (N-methyl/N-ethyl adjacent to an activating group) is 1. The monoisotopic (exact) mass is 288 g/mol. The van der Waals surface area contributed by atoms with Crippen molar-refractivity contribution in [3.05, 3.63) is 40.8 Å². The van der Waals surface area contributed by atoms with Gasteiger partial charge in [-0.05, 0) is 12.6 Å². The summed E-state index contributed by atoms with van der Waals surface area (Å²) in [5, 5.41) is 0.509. The zero-order valence-electron chi connectivity index (χ0n) is 11.8. The van der Waals surface area contributed by atoms with Crippen molar-refractivity contribution in [3.63, 3.8) is 0 Å². The van der Waals surface area contributed by atoms with Crippen molar-refractivity contribution in [2.24, 2.45) is 5.84 Å². The molecule has 110 valence electrons. The van der Waals surface area contributed by atoms with Gasteiger partial charge in [0.15, 0.2) is 0 Å². The second kappa shape index (κ2) is 5.38. The number of nitrogens with two attached hydrogens (primary N) is 1. The van der Waals surface area contributed by atoms with Gasteiger partial charge in [0.05, 0.1) is 5.56 Å². The Morgan fingerprint density at radius 3 is 3.05 bits per heavy atom. The van der Waals surface area contributed by atoms with Gasteiger partial charge in [0, 0.05) is 36.2 Å². The summed E-state index contributed by atoms with van der Waals surface area (Å²) < 4.78 is 14.0. The second-order valence-electron chi connectivity index (χ2n) is 5.14. The van der Waals surface area contributed by atoms with E-state index in [0.29, 0.717) is 23.9 Å². The van der Waals surface area contributed by atoms with Crippen LogP contribution in [-0.2, 0) is 13.0 Å². The Labute approximate surface area is 121 Å². The molecule has 1 aromatic carbocycles. The zero-order chi connectivity index (χ0) is 15.0. The van der Waals surface area contributed by atoms with Crippen molar-refractivity contribution >= 4 is 16.8 Å². The number of fused-ring (bicyclic) bond motifs is 2. The van der Waals surface area contributed by atoms with Gasteiger partial charge >= 0.3 is 0 Å². The first-order valence-corrected chi connectivity index (χ1v) is 6.99. The van der Waals surface area contributed by atoms with Crippen LogP contribution in [0.3, 0.4) is 0 Å². The van der Waals surface area contributed by atoms with Crippen LogP contribution < -0.4 is 11.3 Å². The van der Waals surface area contributed by atoms with E-state index >= 15 is 0 Å². The van der Waals surface area contributed by atoms with Crippen LogP contribution in [0.5, 0.6) is 0 Å². The number of hydrazine groups is 1. The number of amides is 1. The summed E-state index contributed by atoms with van der Waals surface area (Å²) in [6.07, 6.45) is 0.707. The highest BCUT2D eigenvalue weighted by Crippen LogP contribution is 2.29. The number of nitrogens with one attached hydrogen (secondary N) is 1. The van der Waals surface area contributed by atoms with Crippen LogP contribution in [0.25, 0.3) is 10.9 Å². The lowest BCUT2D eigenvalue weighted by Gasteiger charge is -2.29. The molecule has 1 aromatic heterocycles. The van der Waals surface area contributed by atoms with Gasteiger partial charge < -0.3 is 0 Å². The molecule has 21 heavy (non-hydrogen) atoms. The zero-order valence-corrected chi connectivity index (χ0v) is 11.8. The number of nitrogen functional groups attached to an aromatic ring is 1. The molecular formula is C15H17FN4O. The summed E-state index contributed by atoms with van der Waals surface area (Å²) in [4.78, 5) is 18.9. The van der Waals surface area contributed by atoms with Crippen LogP contribution in [0.4, 0.5) is 4.39 Å². The Morgan fingerprint density at radius 2 is 2.33 bits per heavy atom. The summed E-state index contributed by atoms with van der Waals surface area (Å²) in [7, 11) is 0. The maximum Gasteiger partial charge on any atom is 0.266 e. The van der Waals surface area contributed by atoms with Gasteiger partial charge in [0.25, 0.3) is 5.91 Å². The maximum atomic E-state index is 14.0. The molecule has 0 atom stereocenters. The average molecular weight is 288 g/mol. The largest absolute Gasteiger partial charge is 0.299 e. The molecule has 3 N–H and O–H groups in total. The molecule has 2 heterocycles. The lowest BCUT2D eigenvalue weighted by molar-refractivity contribution is 0.0952. The summed E-state index contributed by atoms with van der Waals surface area (Å²) in [5.74, 6) is 4.49. The van der Waals surface area contributed by atoms with Crippen molar-refractivity contribution in [1.29, 1.82) is 0 Å². The standard InChI is InChI=1S/C15H17FN4O/c1-2-20-7-6-12-10(8-20)13(15(21)19-17)9-4-3-5-11(16)14(9)18-12/h3-5H,2,6-8,17H2,1H3,(H,19,21). The SMILES string of the molecule is CCN1CCc2nc3c(F)cccc3c(C(=O)NN)c2C1. The number of hydrogen-bond donors (Lipinski definition) is 2. The molecule has 0 saturated carbocycles. The van der Waals surface area contributed by atoms with Crippen molar-refractivity contribution in [1.82, 2.24) is 15.3 Å². The molecule has 5 nitrogen and oxygen atoms in total. The van der Waals surface area contributed by atoms with Gasteiger partial charge in [-0.15, -0.1) is 0 Å². The quantitative estimate of drug-likeness (QED) is 0.497. The van der Waals surface area contributed by atoms with Crippen molar-refractivity contribution in [3.8, 4) is 0 Å². The third-order valence-corrected chi connectivity index (χ3v) is 4.00. The van der Waals surface area contributed by atoms with Gasteiger partial charge in [-0.25, -0.2) is 15.2 Å². The molecular weight excluding hydrogens is 271 g/mol. The molecule has 1 amide bonds. The molecule has 0 fully saturated rings. The minimum Gasteiger partial charge on any atom is -0.299 e. The Hall–Kier alpha value is -2.05. The Balaban J connectivity index is 2.31. The second-order valence-corrected chi connectivity index (χ2v) is 5.14. The van der Waals surface area contributed by atoms with Gasteiger partial charge in [0.1, 0.15) is 11.3 Å². The molecule has 2 aromatic rings. The van der Waals surface area contributed by atoms with Crippen molar-refractivity contribution < 1.29 is 9.18 Å². The van der Waals surface area contributed by atoms with Crippen LogP contribution in [0.15, 0.2) is 18.2 Å². The first-order chi connectivity index (χ1) is 10.2. The normalized spacial score (nSPS) is 15.0. The number of aromatic nitrogens is 1. The summed E-state index contributed by atoms with van der Waals surface area (Å²) >= 11 is 0. The molecule has 0 bridgehead atoms. The first kappa shape index (κ1) is 13.9. The third-order valence-electron chi connectivity index (χ3n) is 4.00. The Bertz CT molecular complexity index is 716. The van der Waals surface area contributed by atoms with E-state index in [2.05, 4.69) is 22.2 Å². The molecule has 0 radical (unpaired) electrons. The van der Waals surface area contributed by atoms with E-state index in [1.165, 1.54) is 6.07 Å². The highest BCUT2D eigenvalue weighted by molar-refractivity contribution is 6.07. The predicted octanol–water partition coefficient (Wildman–Crippen LogP) is 1.36. The van der Waals surface area contributed by atoms with Crippen LogP contribution >= 0.6 is 0 Å². The number of rotatable bonds is 2. The van der Waals surface area contributed by atoms with Crippen LogP contribution in [0.2, 0.25) is 0 Å². The van der Waals surface area contributed by atoms with E-state index < -0.39 is 11.7 Å². The number of benzene rings is 1. The van der Waals surface area contributed by atoms with E-state index in [1.54, 1.807) is 12.1 Å². The highest BCUT2D eigenvalue weighted by Gasteiger charge is 2.25. The molecule has 0 aliphatic carbocycles. The van der Waals surface area contributed by atoms with Gasteiger partial charge in [-0.2, -0.15) is 0 Å². The lowest BCUT2D eigenvalue weighted by atomic mass is 9.95. The number of para-hydroxylation sites is 1. The molecule has 6 heteroatoms. The van der Waals surface area contributed by atoms with E-state index in [-0.39, 0.29) is 5.52 Å². The Morgan fingerprint density at radius 1 is 1.52 bits per heavy atom. The summed E-state index contributed by atoms with van der Waals surface area (Å²) in [6, 6.07) is 4.65. The molecule has 0 saturated heterocycles.